The largest absolute Gasteiger partial charge is 0.358 e. The standard InChI is InChI=1S/C13H14ClFN2OS/c14-10-8-9(4-5-11(10)15)16-12(18)13(19)17-6-2-1-3-7-17/h4-5,8H,1-3,6-7H2,(H,16,18). The Bertz CT molecular complexity index is 503. The van der Waals surface area contributed by atoms with Crippen molar-refractivity contribution in [2.45, 2.75) is 19.3 Å². The molecule has 2 rings (SSSR count). The number of carbonyl (C=O) groups is 1. The molecule has 0 saturated carbocycles. The van der Waals surface area contributed by atoms with E-state index >= 15 is 0 Å². The molecule has 0 unspecified atom stereocenters. The van der Waals surface area contributed by atoms with Gasteiger partial charge in [-0.05, 0) is 37.5 Å². The molecule has 102 valence electrons. The van der Waals surface area contributed by atoms with Gasteiger partial charge in [0.05, 0.1) is 5.02 Å². The lowest BCUT2D eigenvalue weighted by Crippen LogP contribution is -2.41. The Morgan fingerprint density at radius 1 is 1.32 bits per heavy atom. The van der Waals surface area contributed by atoms with E-state index in [0.29, 0.717) is 5.69 Å². The van der Waals surface area contributed by atoms with Crippen LogP contribution in [0.4, 0.5) is 10.1 Å². The molecular formula is C13H14ClFN2OS. The summed E-state index contributed by atoms with van der Waals surface area (Å²) in [6.07, 6.45) is 3.28. The third kappa shape index (κ3) is 3.64. The molecule has 0 spiro atoms. The summed E-state index contributed by atoms with van der Waals surface area (Å²) >= 11 is 10.8. The maximum absolute atomic E-state index is 13.0. The molecule has 1 aromatic rings. The van der Waals surface area contributed by atoms with Gasteiger partial charge in [-0.3, -0.25) is 4.79 Å². The van der Waals surface area contributed by atoms with Gasteiger partial charge in [0.25, 0.3) is 5.91 Å². The molecule has 1 saturated heterocycles. The van der Waals surface area contributed by atoms with Gasteiger partial charge in [-0.15, -0.1) is 0 Å². The van der Waals surface area contributed by atoms with E-state index in [1.807, 2.05) is 4.90 Å². The lowest BCUT2D eigenvalue weighted by Gasteiger charge is -2.28. The molecule has 1 aliphatic heterocycles. The zero-order valence-corrected chi connectivity index (χ0v) is 11.9. The number of thiocarbonyl (C=S) groups is 1. The molecule has 1 heterocycles. The van der Waals surface area contributed by atoms with Crippen molar-refractivity contribution in [2.24, 2.45) is 0 Å². The molecule has 1 N–H and O–H groups in total. The number of halogens is 2. The predicted molar refractivity (Wildman–Crippen MR) is 78.1 cm³/mol. The van der Waals surface area contributed by atoms with Crippen molar-refractivity contribution in [1.29, 1.82) is 0 Å². The minimum absolute atomic E-state index is 0.0262. The van der Waals surface area contributed by atoms with E-state index in [9.17, 15) is 9.18 Å². The molecule has 0 atom stereocenters. The first-order chi connectivity index (χ1) is 9.08. The van der Waals surface area contributed by atoms with Gasteiger partial charge >= 0.3 is 0 Å². The second kappa shape index (κ2) is 6.30. The summed E-state index contributed by atoms with van der Waals surface area (Å²) in [6, 6.07) is 4.04. The molecule has 0 radical (unpaired) electrons. The van der Waals surface area contributed by atoms with Gasteiger partial charge in [-0.2, -0.15) is 0 Å². The van der Waals surface area contributed by atoms with Crippen LogP contribution in [0.5, 0.6) is 0 Å². The maximum atomic E-state index is 13.0. The molecular weight excluding hydrogens is 287 g/mol. The van der Waals surface area contributed by atoms with Crippen LogP contribution in [0.2, 0.25) is 5.02 Å². The molecule has 1 amide bonds. The summed E-state index contributed by atoms with van der Waals surface area (Å²) in [5.41, 5.74) is 0.441. The first kappa shape index (κ1) is 14.2. The molecule has 0 bridgehead atoms. The van der Waals surface area contributed by atoms with E-state index in [0.717, 1.165) is 25.9 Å². The van der Waals surface area contributed by atoms with Crippen LogP contribution >= 0.6 is 23.8 Å². The molecule has 0 aromatic heterocycles. The first-order valence-electron chi connectivity index (χ1n) is 6.13. The van der Waals surface area contributed by atoms with E-state index < -0.39 is 5.82 Å². The Hall–Kier alpha value is -1.20. The van der Waals surface area contributed by atoms with Crippen LogP contribution < -0.4 is 5.32 Å². The average molecular weight is 301 g/mol. The van der Waals surface area contributed by atoms with E-state index in [2.05, 4.69) is 5.32 Å². The van der Waals surface area contributed by atoms with Gasteiger partial charge in [0, 0.05) is 18.8 Å². The Morgan fingerprint density at radius 3 is 2.63 bits per heavy atom. The fourth-order valence-corrected chi connectivity index (χ4v) is 2.41. The zero-order chi connectivity index (χ0) is 13.8. The van der Waals surface area contributed by atoms with Crippen molar-refractivity contribution in [3.8, 4) is 0 Å². The van der Waals surface area contributed by atoms with Gasteiger partial charge in [0.1, 0.15) is 5.82 Å². The van der Waals surface area contributed by atoms with Gasteiger partial charge < -0.3 is 10.2 Å². The number of likely N-dealkylation sites (tertiary alicyclic amines) is 1. The van der Waals surface area contributed by atoms with Gasteiger partial charge in [0.2, 0.25) is 0 Å². The SMILES string of the molecule is O=C(Nc1ccc(F)c(Cl)c1)C(=S)N1CCCCC1. The fraction of sp³-hybridized carbons (Fsp3) is 0.385. The summed E-state index contributed by atoms with van der Waals surface area (Å²) in [7, 11) is 0. The van der Waals surface area contributed by atoms with Crippen molar-refractivity contribution in [1.82, 2.24) is 4.90 Å². The molecule has 19 heavy (non-hydrogen) atoms. The molecule has 1 aliphatic rings. The summed E-state index contributed by atoms with van der Waals surface area (Å²) in [5, 5.41) is 2.61. The van der Waals surface area contributed by atoms with E-state index in [1.54, 1.807) is 0 Å². The Kier molecular flexibility index (Phi) is 4.71. The Morgan fingerprint density at radius 2 is 2.00 bits per heavy atom. The van der Waals surface area contributed by atoms with Crippen LogP contribution in [0.1, 0.15) is 19.3 Å². The lowest BCUT2D eigenvalue weighted by molar-refractivity contribution is -0.110. The second-order valence-corrected chi connectivity index (χ2v) is 5.23. The second-order valence-electron chi connectivity index (χ2n) is 4.44. The number of amides is 1. The number of hydrogen-bond donors (Lipinski definition) is 1. The number of nitrogens with zero attached hydrogens (tertiary/aromatic N) is 1. The van der Waals surface area contributed by atoms with Gasteiger partial charge in [-0.25, -0.2) is 4.39 Å². The van der Waals surface area contributed by atoms with Crippen LogP contribution in [0.3, 0.4) is 0 Å². The van der Waals surface area contributed by atoms with E-state index in [4.69, 9.17) is 23.8 Å². The highest BCUT2D eigenvalue weighted by Gasteiger charge is 2.19. The number of hydrogen-bond acceptors (Lipinski definition) is 2. The topological polar surface area (TPSA) is 32.3 Å². The Labute approximate surface area is 121 Å². The maximum Gasteiger partial charge on any atom is 0.283 e. The van der Waals surface area contributed by atoms with Crippen molar-refractivity contribution in [3.63, 3.8) is 0 Å². The highest BCUT2D eigenvalue weighted by Crippen LogP contribution is 2.19. The summed E-state index contributed by atoms with van der Waals surface area (Å²) in [5.74, 6) is -0.863. The van der Waals surface area contributed by atoms with Crippen LogP contribution in [-0.4, -0.2) is 28.9 Å². The number of nitrogens with one attached hydrogen (secondary N) is 1. The smallest absolute Gasteiger partial charge is 0.283 e. The number of carbonyl (C=O) groups excluding carboxylic acids is 1. The highest BCUT2D eigenvalue weighted by atomic mass is 35.5. The van der Waals surface area contributed by atoms with Crippen molar-refractivity contribution < 1.29 is 9.18 Å². The van der Waals surface area contributed by atoms with Crippen LogP contribution in [0.15, 0.2) is 18.2 Å². The van der Waals surface area contributed by atoms with Crippen molar-refractivity contribution in [2.75, 3.05) is 18.4 Å². The van der Waals surface area contributed by atoms with Crippen LogP contribution in [-0.2, 0) is 4.79 Å². The van der Waals surface area contributed by atoms with E-state index in [-0.39, 0.29) is 15.9 Å². The summed E-state index contributed by atoms with van der Waals surface area (Å²) in [6.45, 7) is 1.63. The number of anilines is 1. The summed E-state index contributed by atoms with van der Waals surface area (Å²) < 4.78 is 13.0. The van der Waals surface area contributed by atoms with Crippen molar-refractivity contribution in [3.05, 3.63) is 29.0 Å². The third-order valence-electron chi connectivity index (χ3n) is 3.01. The number of rotatable bonds is 1. The van der Waals surface area contributed by atoms with Gasteiger partial charge in [0.15, 0.2) is 4.99 Å². The highest BCUT2D eigenvalue weighted by molar-refractivity contribution is 7.82. The molecule has 0 aliphatic carbocycles. The molecule has 1 aromatic carbocycles. The minimum Gasteiger partial charge on any atom is -0.358 e. The minimum atomic E-state index is -0.515. The van der Waals surface area contributed by atoms with Crippen LogP contribution in [0.25, 0.3) is 0 Å². The zero-order valence-electron chi connectivity index (χ0n) is 10.3. The molecule has 6 heteroatoms. The Balaban J connectivity index is 1.99. The average Bonchev–Trinajstić information content (AvgIpc) is 2.43. The first-order valence-corrected chi connectivity index (χ1v) is 6.92. The molecule has 1 fully saturated rings. The molecule has 3 nitrogen and oxygen atoms in total. The fourth-order valence-electron chi connectivity index (χ4n) is 2.00. The number of benzene rings is 1. The van der Waals surface area contributed by atoms with Gasteiger partial charge in [-0.1, -0.05) is 23.8 Å². The third-order valence-corrected chi connectivity index (χ3v) is 3.75. The quantitative estimate of drug-likeness (QED) is 0.808. The summed E-state index contributed by atoms with van der Waals surface area (Å²) in [4.78, 5) is 14.2. The number of piperidine rings is 1. The lowest BCUT2D eigenvalue weighted by atomic mass is 10.1. The monoisotopic (exact) mass is 300 g/mol. The van der Waals surface area contributed by atoms with E-state index in [1.165, 1.54) is 24.6 Å². The van der Waals surface area contributed by atoms with Crippen molar-refractivity contribution >= 4 is 40.4 Å². The predicted octanol–water partition coefficient (Wildman–Crippen LogP) is 3.23. The van der Waals surface area contributed by atoms with Crippen LogP contribution in [0, 0.1) is 5.82 Å². The normalized spacial score (nSPS) is 15.2.